The Labute approximate surface area is 142 Å². The molecule has 2 heterocycles. The number of carbonyl (C=O) groups is 1. The molecular formula is C18H17BrN2O2. The standard InChI is InChI=1S/C18H17BrN2O2/c1-3-12-4-6-13(7-5-12)18-15(9-17(22)23)21-10-14(19)11(2)8-16(21)20-18/h4-8,10H,3,9H2,1-2H3,(H,22,23). The van der Waals surface area contributed by atoms with Gasteiger partial charge in [-0.1, -0.05) is 31.2 Å². The van der Waals surface area contributed by atoms with E-state index in [1.807, 2.05) is 35.7 Å². The molecule has 0 spiro atoms. The number of aromatic nitrogens is 2. The molecule has 1 aromatic carbocycles. The Morgan fingerprint density at radius 1 is 1.30 bits per heavy atom. The average molecular weight is 373 g/mol. The summed E-state index contributed by atoms with van der Waals surface area (Å²) in [4.78, 5) is 16.0. The molecule has 0 saturated heterocycles. The number of aryl methyl sites for hydroxylation is 2. The molecule has 2 aromatic heterocycles. The van der Waals surface area contributed by atoms with Gasteiger partial charge in [-0.3, -0.25) is 4.79 Å². The number of pyridine rings is 1. The Morgan fingerprint density at radius 3 is 2.61 bits per heavy atom. The van der Waals surface area contributed by atoms with Crippen molar-refractivity contribution in [3.05, 3.63) is 57.8 Å². The van der Waals surface area contributed by atoms with Crippen molar-refractivity contribution in [1.82, 2.24) is 9.38 Å². The first kappa shape index (κ1) is 15.7. The van der Waals surface area contributed by atoms with Crippen LogP contribution in [-0.4, -0.2) is 20.5 Å². The Balaban J connectivity index is 2.23. The number of imidazole rings is 1. The second-order valence-corrected chi connectivity index (χ2v) is 6.42. The number of hydrogen-bond donors (Lipinski definition) is 1. The number of aliphatic carboxylic acids is 1. The second kappa shape index (κ2) is 6.16. The summed E-state index contributed by atoms with van der Waals surface area (Å²) in [5, 5.41) is 9.27. The molecule has 4 nitrogen and oxygen atoms in total. The number of carboxylic acids is 1. The molecule has 0 aliphatic heterocycles. The fourth-order valence-electron chi connectivity index (χ4n) is 2.65. The molecule has 5 heteroatoms. The lowest BCUT2D eigenvalue weighted by Crippen LogP contribution is -2.05. The highest BCUT2D eigenvalue weighted by Crippen LogP contribution is 2.28. The summed E-state index contributed by atoms with van der Waals surface area (Å²) in [7, 11) is 0. The average Bonchev–Trinajstić information content (AvgIpc) is 2.85. The molecule has 0 aliphatic rings. The summed E-state index contributed by atoms with van der Waals surface area (Å²) in [6.45, 7) is 4.10. The zero-order valence-corrected chi connectivity index (χ0v) is 14.6. The summed E-state index contributed by atoms with van der Waals surface area (Å²) in [5.74, 6) is -0.866. The number of nitrogens with zero attached hydrogens (tertiary/aromatic N) is 2. The van der Waals surface area contributed by atoms with Crippen LogP contribution in [0.5, 0.6) is 0 Å². The van der Waals surface area contributed by atoms with E-state index in [1.54, 1.807) is 0 Å². The zero-order valence-electron chi connectivity index (χ0n) is 13.0. The Hall–Kier alpha value is -2.14. The molecule has 118 valence electrons. The smallest absolute Gasteiger partial charge is 0.309 e. The van der Waals surface area contributed by atoms with Gasteiger partial charge >= 0.3 is 5.97 Å². The number of hydrogen-bond acceptors (Lipinski definition) is 2. The topological polar surface area (TPSA) is 54.6 Å². The van der Waals surface area contributed by atoms with Crippen molar-refractivity contribution in [2.75, 3.05) is 0 Å². The van der Waals surface area contributed by atoms with Crippen LogP contribution in [0.1, 0.15) is 23.7 Å². The molecule has 3 rings (SSSR count). The minimum absolute atomic E-state index is 0.0679. The summed E-state index contributed by atoms with van der Waals surface area (Å²) in [6.07, 6.45) is 2.79. The molecule has 0 fully saturated rings. The van der Waals surface area contributed by atoms with E-state index in [9.17, 15) is 9.90 Å². The maximum Gasteiger partial charge on any atom is 0.309 e. The van der Waals surface area contributed by atoms with Gasteiger partial charge in [0.05, 0.1) is 17.8 Å². The van der Waals surface area contributed by atoms with Gasteiger partial charge in [-0.25, -0.2) is 4.98 Å². The van der Waals surface area contributed by atoms with Crippen LogP contribution >= 0.6 is 15.9 Å². The molecule has 0 unspecified atom stereocenters. The molecule has 0 amide bonds. The van der Waals surface area contributed by atoms with Crippen LogP contribution in [0.4, 0.5) is 0 Å². The highest BCUT2D eigenvalue weighted by molar-refractivity contribution is 9.10. The van der Waals surface area contributed by atoms with Gasteiger partial charge in [-0.15, -0.1) is 0 Å². The van der Waals surface area contributed by atoms with E-state index in [1.165, 1.54) is 5.56 Å². The predicted molar refractivity (Wildman–Crippen MR) is 93.8 cm³/mol. The summed E-state index contributed by atoms with van der Waals surface area (Å²) in [5.41, 5.74) is 5.44. The van der Waals surface area contributed by atoms with Crippen molar-refractivity contribution in [2.24, 2.45) is 0 Å². The van der Waals surface area contributed by atoms with Crippen LogP contribution in [0.15, 0.2) is 41.0 Å². The van der Waals surface area contributed by atoms with E-state index in [-0.39, 0.29) is 6.42 Å². The van der Waals surface area contributed by atoms with E-state index in [0.29, 0.717) is 5.69 Å². The minimum Gasteiger partial charge on any atom is -0.481 e. The number of rotatable bonds is 4. The largest absolute Gasteiger partial charge is 0.481 e. The van der Waals surface area contributed by atoms with Crippen LogP contribution in [0, 0.1) is 6.92 Å². The number of fused-ring (bicyclic) bond motifs is 1. The SMILES string of the molecule is CCc1ccc(-c2nc3cc(C)c(Br)cn3c2CC(=O)O)cc1. The van der Waals surface area contributed by atoms with E-state index >= 15 is 0 Å². The van der Waals surface area contributed by atoms with E-state index in [0.717, 1.165) is 33.4 Å². The van der Waals surface area contributed by atoms with E-state index < -0.39 is 5.97 Å². The maximum atomic E-state index is 11.3. The molecule has 3 aromatic rings. The third kappa shape index (κ3) is 3.01. The van der Waals surface area contributed by atoms with E-state index in [2.05, 4.69) is 40.0 Å². The van der Waals surface area contributed by atoms with Gasteiger partial charge in [0.15, 0.2) is 0 Å². The lowest BCUT2D eigenvalue weighted by molar-refractivity contribution is -0.136. The monoisotopic (exact) mass is 372 g/mol. The first-order chi connectivity index (χ1) is 11.0. The normalized spacial score (nSPS) is 11.1. The van der Waals surface area contributed by atoms with Crippen molar-refractivity contribution in [2.45, 2.75) is 26.7 Å². The zero-order chi connectivity index (χ0) is 16.6. The number of benzene rings is 1. The molecule has 0 radical (unpaired) electrons. The van der Waals surface area contributed by atoms with Gasteiger partial charge in [0.1, 0.15) is 5.65 Å². The molecule has 0 bridgehead atoms. The maximum absolute atomic E-state index is 11.3. The Bertz CT molecular complexity index is 882. The molecular weight excluding hydrogens is 356 g/mol. The van der Waals surface area contributed by atoms with Gasteiger partial charge in [0.2, 0.25) is 0 Å². The van der Waals surface area contributed by atoms with Crippen LogP contribution in [-0.2, 0) is 17.6 Å². The van der Waals surface area contributed by atoms with Crippen LogP contribution < -0.4 is 0 Å². The quantitative estimate of drug-likeness (QED) is 0.744. The highest BCUT2D eigenvalue weighted by atomic mass is 79.9. The van der Waals surface area contributed by atoms with Crippen LogP contribution in [0.25, 0.3) is 16.9 Å². The first-order valence-electron chi connectivity index (χ1n) is 7.47. The van der Waals surface area contributed by atoms with E-state index in [4.69, 9.17) is 0 Å². The molecule has 23 heavy (non-hydrogen) atoms. The van der Waals surface area contributed by atoms with Crippen molar-refractivity contribution in [1.29, 1.82) is 0 Å². The van der Waals surface area contributed by atoms with Crippen molar-refractivity contribution >= 4 is 27.5 Å². The predicted octanol–water partition coefficient (Wildman–Crippen LogP) is 4.26. The van der Waals surface area contributed by atoms with Crippen LogP contribution in [0.2, 0.25) is 0 Å². The first-order valence-corrected chi connectivity index (χ1v) is 8.27. The molecule has 0 atom stereocenters. The van der Waals surface area contributed by atoms with Gasteiger partial charge in [-0.2, -0.15) is 0 Å². The van der Waals surface area contributed by atoms with Gasteiger partial charge in [0, 0.05) is 16.2 Å². The fraction of sp³-hybridized carbons (Fsp3) is 0.222. The van der Waals surface area contributed by atoms with Gasteiger partial charge in [-0.05, 0) is 46.5 Å². The van der Waals surface area contributed by atoms with Crippen molar-refractivity contribution in [3.63, 3.8) is 0 Å². The third-order valence-electron chi connectivity index (χ3n) is 3.96. The van der Waals surface area contributed by atoms with Crippen LogP contribution in [0.3, 0.4) is 0 Å². The second-order valence-electron chi connectivity index (χ2n) is 5.56. The summed E-state index contributed by atoms with van der Waals surface area (Å²) in [6, 6.07) is 10.1. The van der Waals surface area contributed by atoms with Crippen molar-refractivity contribution < 1.29 is 9.90 Å². The lowest BCUT2D eigenvalue weighted by atomic mass is 10.1. The molecule has 0 aliphatic carbocycles. The summed E-state index contributed by atoms with van der Waals surface area (Å²) < 4.78 is 2.79. The summed E-state index contributed by atoms with van der Waals surface area (Å²) >= 11 is 3.51. The highest BCUT2D eigenvalue weighted by Gasteiger charge is 2.17. The minimum atomic E-state index is -0.866. The number of halogens is 1. The lowest BCUT2D eigenvalue weighted by Gasteiger charge is -2.05. The number of carboxylic acid groups (broad SMARTS) is 1. The Kier molecular flexibility index (Phi) is 4.22. The van der Waals surface area contributed by atoms with Gasteiger partial charge in [0.25, 0.3) is 0 Å². The third-order valence-corrected chi connectivity index (χ3v) is 4.79. The fourth-order valence-corrected chi connectivity index (χ4v) is 2.97. The van der Waals surface area contributed by atoms with Gasteiger partial charge < -0.3 is 9.51 Å². The van der Waals surface area contributed by atoms with Crippen molar-refractivity contribution in [3.8, 4) is 11.3 Å². The Morgan fingerprint density at radius 2 is 2.00 bits per heavy atom. The molecule has 0 saturated carbocycles. The molecule has 1 N–H and O–H groups in total.